The normalized spacial score (nSPS) is 23.3. The van der Waals surface area contributed by atoms with Gasteiger partial charge in [0.25, 0.3) is 0 Å². The fraction of sp³-hybridized carbons (Fsp3) is 0.923. The van der Waals surface area contributed by atoms with Gasteiger partial charge in [-0.25, -0.2) is 0 Å². The van der Waals surface area contributed by atoms with Crippen LogP contribution in [-0.4, -0.2) is 43.5 Å². The molecule has 1 unspecified atom stereocenters. The Kier molecular flexibility index (Phi) is 5.42. The third-order valence-electron chi connectivity index (χ3n) is 4.00. The van der Waals surface area contributed by atoms with E-state index in [1.54, 1.807) is 0 Å². The second-order valence-electron chi connectivity index (χ2n) is 4.79. The highest BCUT2D eigenvalue weighted by atomic mass is 16.5. The molecule has 1 fully saturated rings. The minimum absolute atomic E-state index is 0.148. The van der Waals surface area contributed by atoms with E-state index >= 15 is 0 Å². The molecular formula is C13H25NO2. The Morgan fingerprint density at radius 1 is 1.38 bits per heavy atom. The van der Waals surface area contributed by atoms with Crippen LogP contribution in [0, 0.1) is 5.41 Å². The molecule has 0 aliphatic carbocycles. The summed E-state index contributed by atoms with van der Waals surface area (Å²) in [5.74, 6) is 0. The first-order chi connectivity index (χ1) is 7.71. The molecule has 0 radical (unpaired) electrons. The van der Waals surface area contributed by atoms with Gasteiger partial charge in [-0.1, -0.05) is 20.8 Å². The van der Waals surface area contributed by atoms with E-state index in [2.05, 4.69) is 25.7 Å². The second-order valence-corrected chi connectivity index (χ2v) is 4.79. The van der Waals surface area contributed by atoms with Gasteiger partial charge in [0.2, 0.25) is 0 Å². The molecule has 1 heterocycles. The molecule has 94 valence electrons. The number of carbonyl (C=O) groups is 1. The molecule has 0 saturated carbocycles. The zero-order valence-electron chi connectivity index (χ0n) is 10.9. The predicted molar refractivity (Wildman–Crippen MR) is 65.6 cm³/mol. The number of ether oxygens (including phenoxy) is 1. The Balaban J connectivity index is 2.64. The van der Waals surface area contributed by atoms with Crippen LogP contribution in [0.25, 0.3) is 0 Å². The van der Waals surface area contributed by atoms with Crippen LogP contribution in [0.5, 0.6) is 0 Å². The van der Waals surface area contributed by atoms with E-state index in [1.165, 1.54) is 0 Å². The molecule has 0 bridgehead atoms. The lowest BCUT2D eigenvalue weighted by atomic mass is 9.83. The third kappa shape index (κ3) is 3.05. The van der Waals surface area contributed by atoms with Crippen molar-refractivity contribution in [2.24, 2.45) is 5.41 Å². The fourth-order valence-electron chi connectivity index (χ4n) is 2.36. The van der Waals surface area contributed by atoms with Gasteiger partial charge >= 0.3 is 0 Å². The molecule has 0 aromatic carbocycles. The molecule has 1 rings (SSSR count). The van der Waals surface area contributed by atoms with Gasteiger partial charge in [0.1, 0.15) is 6.29 Å². The van der Waals surface area contributed by atoms with Crippen LogP contribution in [0.1, 0.15) is 40.0 Å². The highest BCUT2D eigenvalue weighted by Crippen LogP contribution is 2.27. The van der Waals surface area contributed by atoms with Crippen molar-refractivity contribution in [1.82, 2.24) is 4.90 Å². The van der Waals surface area contributed by atoms with Crippen LogP contribution < -0.4 is 0 Å². The van der Waals surface area contributed by atoms with Gasteiger partial charge < -0.3 is 9.53 Å². The van der Waals surface area contributed by atoms with Crippen molar-refractivity contribution in [3.8, 4) is 0 Å². The van der Waals surface area contributed by atoms with Gasteiger partial charge in [-0.15, -0.1) is 0 Å². The molecule has 3 nitrogen and oxygen atoms in total. The maximum absolute atomic E-state index is 11.3. The zero-order chi connectivity index (χ0) is 12.0. The second kappa shape index (κ2) is 6.36. The molecule has 0 aromatic heterocycles. The standard InChI is InChI=1S/C13H25NO2/c1-4-12-9-16-8-7-14(12)10-13(5-2,6-3)11-15/h11-12H,4-10H2,1-3H3. The van der Waals surface area contributed by atoms with Crippen LogP contribution in [-0.2, 0) is 9.53 Å². The van der Waals surface area contributed by atoms with E-state index in [4.69, 9.17) is 4.74 Å². The first-order valence-corrected chi connectivity index (χ1v) is 6.49. The molecule has 1 atom stereocenters. The van der Waals surface area contributed by atoms with Crippen LogP contribution in [0.2, 0.25) is 0 Å². The summed E-state index contributed by atoms with van der Waals surface area (Å²) >= 11 is 0. The first-order valence-electron chi connectivity index (χ1n) is 6.49. The highest BCUT2D eigenvalue weighted by molar-refractivity contribution is 5.59. The number of morpholine rings is 1. The van der Waals surface area contributed by atoms with Crippen molar-refractivity contribution >= 4 is 6.29 Å². The first kappa shape index (κ1) is 13.7. The van der Waals surface area contributed by atoms with Crippen LogP contribution >= 0.6 is 0 Å². The predicted octanol–water partition coefficient (Wildman–Crippen LogP) is 2.10. The summed E-state index contributed by atoms with van der Waals surface area (Å²) in [6, 6.07) is 0.492. The fourth-order valence-corrected chi connectivity index (χ4v) is 2.36. The summed E-state index contributed by atoms with van der Waals surface area (Å²) in [5, 5.41) is 0. The van der Waals surface area contributed by atoms with Gasteiger partial charge in [0.15, 0.2) is 0 Å². The number of hydrogen-bond donors (Lipinski definition) is 0. The maximum Gasteiger partial charge on any atom is 0.127 e. The van der Waals surface area contributed by atoms with Gasteiger partial charge in [-0.2, -0.15) is 0 Å². The van der Waals surface area contributed by atoms with Gasteiger partial charge in [0, 0.05) is 24.5 Å². The highest BCUT2D eigenvalue weighted by Gasteiger charge is 2.32. The SMILES string of the molecule is CCC1COCCN1CC(C=O)(CC)CC. The zero-order valence-corrected chi connectivity index (χ0v) is 10.9. The lowest BCUT2D eigenvalue weighted by molar-refractivity contribution is -0.119. The molecule has 0 aromatic rings. The molecule has 1 aliphatic heterocycles. The molecule has 0 amide bonds. The van der Waals surface area contributed by atoms with E-state index < -0.39 is 0 Å². The van der Waals surface area contributed by atoms with Crippen LogP contribution in [0.15, 0.2) is 0 Å². The lowest BCUT2D eigenvalue weighted by Crippen LogP contribution is -2.50. The maximum atomic E-state index is 11.3. The number of carbonyl (C=O) groups excluding carboxylic acids is 1. The molecule has 1 aliphatic rings. The average Bonchev–Trinajstić information content (AvgIpc) is 2.36. The molecule has 1 saturated heterocycles. The number of aldehydes is 1. The Morgan fingerprint density at radius 2 is 2.06 bits per heavy atom. The van der Waals surface area contributed by atoms with E-state index in [0.717, 1.165) is 51.9 Å². The number of nitrogens with zero attached hydrogens (tertiary/aromatic N) is 1. The smallest absolute Gasteiger partial charge is 0.127 e. The minimum atomic E-state index is -0.148. The average molecular weight is 227 g/mol. The quantitative estimate of drug-likeness (QED) is 0.651. The van der Waals surface area contributed by atoms with Crippen LogP contribution in [0.4, 0.5) is 0 Å². The largest absolute Gasteiger partial charge is 0.378 e. The minimum Gasteiger partial charge on any atom is -0.378 e. The van der Waals surface area contributed by atoms with Gasteiger partial charge in [-0.05, 0) is 19.3 Å². The molecule has 16 heavy (non-hydrogen) atoms. The molecular weight excluding hydrogens is 202 g/mol. The lowest BCUT2D eigenvalue weighted by Gasteiger charge is -2.40. The van der Waals surface area contributed by atoms with Crippen molar-refractivity contribution in [3.05, 3.63) is 0 Å². The Hall–Kier alpha value is -0.410. The summed E-state index contributed by atoms with van der Waals surface area (Å²) in [6.07, 6.45) is 4.12. The van der Waals surface area contributed by atoms with E-state index in [1.807, 2.05) is 0 Å². The number of hydrogen-bond acceptors (Lipinski definition) is 3. The van der Waals surface area contributed by atoms with Crippen molar-refractivity contribution in [1.29, 1.82) is 0 Å². The van der Waals surface area contributed by atoms with Crippen LogP contribution in [0.3, 0.4) is 0 Å². The van der Waals surface area contributed by atoms with E-state index in [9.17, 15) is 4.79 Å². The summed E-state index contributed by atoms with van der Waals surface area (Å²) in [4.78, 5) is 13.7. The Bertz CT molecular complexity index is 214. The van der Waals surface area contributed by atoms with Crippen molar-refractivity contribution in [3.63, 3.8) is 0 Å². The monoisotopic (exact) mass is 227 g/mol. The van der Waals surface area contributed by atoms with Gasteiger partial charge in [-0.3, -0.25) is 4.90 Å². The summed E-state index contributed by atoms with van der Waals surface area (Å²) in [6.45, 7) is 9.89. The molecule has 0 N–H and O–H groups in total. The van der Waals surface area contributed by atoms with E-state index in [0.29, 0.717) is 6.04 Å². The number of rotatable bonds is 6. The summed E-state index contributed by atoms with van der Waals surface area (Å²) in [5.41, 5.74) is -0.148. The third-order valence-corrected chi connectivity index (χ3v) is 4.00. The van der Waals surface area contributed by atoms with Crippen molar-refractivity contribution in [2.45, 2.75) is 46.1 Å². The van der Waals surface area contributed by atoms with Crippen molar-refractivity contribution < 1.29 is 9.53 Å². The van der Waals surface area contributed by atoms with Crippen molar-refractivity contribution in [2.75, 3.05) is 26.3 Å². The molecule has 3 heteroatoms. The Labute approximate surface area is 99.1 Å². The molecule has 0 spiro atoms. The summed E-state index contributed by atoms with van der Waals surface area (Å²) < 4.78 is 5.49. The van der Waals surface area contributed by atoms with E-state index in [-0.39, 0.29) is 5.41 Å². The van der Waals surface area contributed by atoms with Gasteiger partial charge in [0.05, 0.1) is 13.2 Å². The summed E-state index contributed by atoms with van der Waals surface area (Å²) in [7, 11) is 0. The topological polar surface area (TPSA) is 29.5 Å². The Morgan fingerprint density at radius 3 is 2.56 bits per heavy atom.